The summed E-state index contributed by atoms with van der Waals surface area (Å²) < 4.78 is 11.2. The van der Waals surface area contributed by atoms with Crippen molar-refractivity contribution >= 4 is 17.7 Å². The Balaban J connectivity index is 2.72. The summed E-state index contributed by atoms with van der Waals surface area (Å²) in [7, 11) is 0. The van der Waals surface area contributed by atoms with E-state index in [2.05, 4.69) is 6.58 Å². The Bertz CT molecular complexity index is 456. The fraction of sp³-hybridized carbons (Fsp3) is 0.438. The zero-order chi connectivity index (χ0) is 15.2. The van der Waals surface area contributed by atoms with Gasteiger partial charge < -0.3 is 9.47 Å². The second-order valence-corrected chi connectivity index (χ2v) is 6.12. The molecule has 0 heterocycles. The van der Waals surface area contributed by atoms with E-state index in [1.807, 2.05) is 44.2 Å². The lowest BCUT2D eigenvalue weighted by molar-refractivity contribution is -0.221. The van der Waals surface area contributed by atoms with Crippen molar-refractivity contribution in [1.29, 1.82) is 0 Å². The first-order valence-electron chi connectivity index (χ1n) is 6.57. The van der Waals surface area contributed by atoms with Gasteiger partial charge in [0.25, 0.3) is 0 Å². The van der Waals surface area contributed by atoms with E-state index in [4.69, 9.17) is 9.47 Å². The zero-order valence-electron chi connectivity index (χ0n) is 12.5. The number of hydrogen-bond acceptors (Lipinski definition) is 4. The van der Waals surface area contributed by atoms with E-state index in [-0.39, 0.29) is 6.10 Å². The van der Waals surface area contributed by atoms with E-state index >= 15 is 0 Å². The van der Waals surface area contributed by atoms with Crippen molar-refractivity contribution in [2.45, 2.75) is 44.5 Å². The molecule has 1 aromatic carbocycles. The Morgan fingerprint density at radius 2 is 1.95 bits per heavy atom. The van der Waals surface area contributed by atoms with Gasteiger partial charge in [0.2, 0.25) is 5.79 Å². The minimum atomic E-state index is -0.968. The van der Waals surface area contributed by atoms with Crippen LogP contribution >= 0.6 is 11.8 Å². The SMILES string of the molecule is C=C(C)C(=O)OC(C)(CSc1ccccc1)OC(C)C. The molecule has 0 saturated carbocycles. The van der Waals surface area contributed by atoms with Crippen LogP contribution in [-0.2, 0) is 14.3 Å². The predicted octanol–water partition coefficient (Wildman–Crippen LogP) is 4.04. The number of carbonyl (C=O) groups is 1. The fourth-order valence-electron chi connectivity index (χ4n) is 1.60. The van der Waals surface area contributed by atoms with Crippen molar-refractivity contribution in [3.05, 3.63) is 42.5 Å². The lowest BCUT2D eigenvalue weighted by Gasteiger charge is -2.31. The molecule has 0 bridgehead atoms. The molecule has 0 spiro atoms. The number of thioether (sulfide) groups is 1. The average Bonchev–Trinajstić information content (AvgIpc) is 2.36. The van der Waals surface area contributed by atoms with Gasteiger partial charge in [-0.25, -0.2) is 4.79 Å². The summed E-state index contributed by atoms with van der Waals surface area (Å²) in [4.78, 5) is 12.8. The molecule has 0 fully saturated rings. The molecule has 1 atom stereocenters. The lowest BCUT2D eigenvalue weighted by atomic mass is 10.3. The molecule has 3 nitrogen and oxygen atoms in total. The first kappa shape index (κ1) is 16.8. The largest absolute Gasteiger partial charge is 0.429 e. The number of esters is 1. The molecular weight excluding hydrogens is 272 g/mol. The molecule has 4 heteroatoms. The van der Waals surface area contributed by atoms with Gasteiger partial charge in [-0.05, 0) is 32.9 Å². The highest BCUT2D eigenvalue weighted by Crippen LogP contribution is 2.27. The normalized spacial score (nSPS) is 13.8. The summed E-state index contributed by atoms with van der Waals surface area (Å²) in [5, 5.41) is 0. The maximum Gasteiger partial charge on any atom is 0.335 e. The third kappa shape index (κ3) is 5.80. The van der Waals surface area contributed by atoms with Crippen LogP contribution in [0.1, 0.15) is 27.7 Å². The van der Waals surface area contributed by atoms with Gasteiger partial charge in [0, 0.05) is 17.4 Å². The Hall–Kier alpha value is -1.26. The van der Waals surface area contributed by atoms with Gasteiger partial charge in [0.15, 0.2) is 0 Å². The van der Waals surface area contributed by atoms with Gasteiger partial charge in [-0.3, -0.25) is 0 Å². The summed E-state index contributed by atoms with van der Waals surface area (Å²) in [6.45, 7) is 10.8. The first-order chi connectivity index (χ1) is 9.32. The first-order valence-corrected chi connectivity index (χ1v) is 7.55. The molecule has 110 valence electrons. The van der Waals surface area contributed by atoms with E-state index in [1.54, 1.807) is 25.6 Å². The van der Waals surface area contributed by atoms with Crippen LogP contribution in [0.2, 0.25) is 0 Å². The minimum absolute atomic E-state index is 0.0331. The molecule has 0 radical (unpaired) electrons. The Labute approximate surface area is 125 Å². The molecule has 20 heavy (non-hydrogen) atoms. The summed E-state index contributed by atoms with van der Waals surface area (Å²) >= 11 is 1.59. The highest BCUT2D eigenvalue weighted by atomic mass is 32.2. The molecular formula is C16H22O3S. The van der Waals surface area contributed by atoms with Crippen molar-refractivity contribution in [2.75, 3.05) is 5.75 Å². The van der Waals surface area contributed by atoms with Crippen molar-refractivity contribution in [3.8, 4) is 0 Å². The lowest BCUT2D eigenvalue weighted by Crippen LogP contribution is -2.39. The van der Waals surface area contributed by atoms with Crippen LogP contribution in [0, 0.1) is 0 Å². The minimum Gasteiger partial charge on any atom is -0.429 e. The monoisotopic (exact) mass is 294 g/mol. The fourth-order valence-corrected chi connectivity index (χ4v) is 2.51. The Kier molecular flexibility index (Phi) is 6.30. The van der Waals surface area contributed by atoms with Crippen molar-refractivity contribution in [2.24, 2.45) is 0 Å². The highest BCUT2D eigenvalue weighted by molar-refractivity contribution is 7.99. The Morgan fingerprint density at radius 3 is 2.45 bits per heavy atom. The van der Waals surface area contributed by atoms with E-state index in [0.29, 0.717) is 11.3 Å². The van der Waals surface area contributed by atoms with E-state index in [0.717, 1.165) is 4.90 Å². The van der Waals surface area contributed by atoms with Gasteiger partial charge in [-0.1, -0.05) is 24.8 Å². The maximum atomic E-state index is 11.7. The molecule has 0 aliphatic rings. The van der Waals surface area contributed by atoms with Gasteiger partial charge in [0.1, 0.15) is 0 Å². The van der Waals surface area contributed by atoms with Crippen molar-refractivity contribution in [3.63, 3.8) is 0 Å². The van der Waals surface area contributed by atoms with Gasteiger partial charge >= 0.3 is 5.97 Å². The number of benzene rings is 1. The van der Waals surface area contributed by atoms with Gasteiger partial charge in [0.05, 0.1) is 11.9 Å². The van der Waals surface area contributed by atoms with E-state index in [1.165, 1.54) is 0 Å². The van der Waals surface area contributed by atoms with Crippen LogP contribution < -0.4 is 0 Å². The maximum absolute atomic E-state index is 11.7. The third-order valence-electron chi connectivity index (χ3n) is 2.39. The van der Waals surface area contributed by atoms with Crippen molar-refractivity contribution < 1.29 is 14.3 Å². The Morgan fingerprint density at radius 1 is 1.35 bits per heavy atom. The average molecular weight is 294 g/mol. The van der Waals surface area contributed by atoms with Crippen LogP contribution in [0.3, 0.4) is 0 Å². The summed E-state index contributed by atoms with van der Waals surface area (Å²) in [5.41, 5.74) is 0.369. The quantitative estimate of drug-likeness (QED) is 0.329. The summed E-state index contributed by atoms with van der Waals surface area (Å²) in [5.74, 6) is -0.874. The summed E-state index contributed by atoms with van der Waals surface area (Å²) in [6, 6.07) is 9.95. The highest BCUT2D eigenvalue weighted by Gasteiger charge is 2.31. The smallest absolute Gasteiger partial charge is 0.335 e. The van der Waals surface area contributed by atoms with E-state index in [9.17, 15) is 4.79 Å². The second kappa shape index (κ2) is 7.50. The molecule has 0 aromatic heterocycles. The van der Waals surface area contributed by atoms with Crippen LogP contribution in [0.25, 0.3) is 0 Å². The topological polar surface area (TPSA) is 35.5 Å². The molecule has 0 amide bonds. The predicted molar refractivity (Wildman–Crippen MR) is 82.7 cm³/mol. The molecule has 0 aliphatic carbocycles. The molecule has 1 unspecified atom stereocenters. The molecule has 0 aliphatic heterocycles. The van der Waals surface area contributed by atoms with Crippen LogP contribution in [0.5, 0.6) is 0 Å². The molecule has 0 N–H and O–H groups in total. The number of carbonyl (C=O) groups excluding carboxylic acids is 1. The molecule has 1 aromatic rings. The van der Waals surface area contributed by atoms with Crippen molar-refractivity contribution in [1.82, 2.24) is 0 Å². The van der Waals surface area contributed by atoms with Gasteiger partial charge in [-0.15, -0.1) is 11.8 Å². The molecule has 1 rings (SSSR count). The number of rotatable bonds is 7. The zero-order valence-corrected chi connectivity index (χ0v) is 13.3. The van der Waals surface area contributed by atoms with Gasteiger partial charge in [-0.2, -0.15) is 0 Å². The van der Waals surface area contributed by atoms with E-state index < -0.39 is 11.8 Å². The number of hydrogen-bond donors (Lipinski definition) is 0. The summed E-state index contributed by atoms with van der Waals surface area (Å²) in [6.07, 6.45) is -0.0331. The third-order valence-corrected chi connectivity index (χ3v) is 3.66. The number of ether oxygens (including phenoxy) is 2. The standard InChI is InChI=1S/C16H22O3S/c1-12(2)15(17)19-16(5,18-13(3)4)11-20-14-9-7-6-8-10-14/h6-10,13H,1,11H2,2-5H3. The second-order valence-electron chi connectivity index (χ2n) is 5.07. The molecule has 0 saturated heterocycles. The van der Waals surface area contributed by atoms with Crippen LogP contribution in [0.4, 0.5) is 0 Å². The van der Waals surface area contributed by atoms with Crippen LogP contribution in [0.15, 0.2) is 47.4 Å². The van der Waals surface area contributed by atoms with Crippen LogP contribution in [-0.4, -0.2) is 23.6 Å².